The van der Waals surface area contributed by atoms with Gasteiger partial charge in [0, 0.05) is 6.42 Å². The van der Waals surface area contributed by atoms with Gasteiger partial charge in [-0.05, 0) is 6.42 Å². The molecule has 0 aromatic rings. The van der Waals surface area contributed by atoms with Gasteiger partial charge in [0.15, 0.2) is 17.4 Å². The highest BCUT2D eigenvalue weighted by Gasteiger charge is 1.80. The fraction of sp³-hybridized carbons (Fsp3) is 0.833. The summed E-state index contributed by atoms with van der Waals surface area (Å²) in [6.07, 6.45) is 5.19. The fourth-order valence-corrected chi connectivity index (χ4v) is 0.478. The van der Waals surface area contributed by atoms with E-state index < -0.39 is 0 Å². The van der Waals surface area contributed by atoms with E-state index in [4.69, 9.17) is 0 Å². The van der Waals surface area contributed by atoms with Crippen molar-refractivity contribution in [1.29, 1.82) is 0 Å². The predicted octanol–water partition coefficient (Wildman–Crippen LogP) is 0.582. The molecule has 0 aliphatic heterocycles. The highest BCUT2D eigenvalue weighted by Crippen LogP contribution is 1.94. The molecule has 0 fully saturated rings. The molecular weight excluding hydrogens is 115 g/mol. The smallest absolute Gasteiger partial charge is 0.187 e. The molecule has 0 unspecified atom stereocenters. The molecule has 0 rings (SSSR count). The van der Waals surface area contributed by atoms with E-state index in [0.717, 1.165) is 19.1 Å². The summed E-state index contributed by atoms with van der Waals surface area (Å²) in [5, 5.41) is 0. The molecule has 0 radical (unpaired) electrons. The number of unbranched alkanes of at least 4 members (excludes halogenated alkanes) is 3. The Morgan fingerprint density at radius 3 is 2.38 bits per heavy atom. The second kappa shape index (κ2) is 10.2. The Hall–Kier alpha value is 0.202. The SMILES string of the molecule is CCCCCC=O.[AlH3]. The van der Waals surface area contributed by atoms with Crippen molar-refractivity contribution < 1.29 is 4.79 Å². The Kier molecular flexibility index (Phi) is 14.2. The van der Waals surface area contributed by atoms with Crippen LogP contribution in [0, 0.1) is 0 Å². The summed E-state index contributed by atoms with van der Waals surface area (Å²) in [5.74, 6) is 0. The summed E-state index contributed by atoms with van der Waals surface area (Å²) in [7, 11) is 0. The molecule has 0 saturated carbocycles. The molecule has 0 heterocycles. The van der Waals surface area contributed by atoms with E-state index >= 15 is 0 Å². The topological polar surface area (TPSA) is 17.1 Å². The van der Waals surface area contributed by atoms with E-state index in [1.54, 1.807) is 0 Å². The summed E-state index contributed by atoms with van der Waals surface area (Å²) >= 11 is 0. The third-order valence-electron chi connectivity index (χ3n) is 0.926. The van der Waals surface area contributed by atoms with E-state index in [9.17, 15) is 4.79 Å². The van der Waals surface area contributed by atoms with Crippen molar-refractivity contribution in [3.8, 4) is 0 Å². The van der Waals surface area contributed by atoms with Crippen LogP contribution in [0.15, 0.2) is 0 Å². The molecule has 0 amide bonds. The number of rotatable bonds is 4. The largest absolute Gasteiger partial charge is 0.303 e. The molecule has 48 valence electrons. The van der Waals surface area contributed by atoms with Gasteiger partial charge >= 0.3 is 0 Å². The normalized spacial score (nSPS) is 7.62. The number of aldehydes is 1. The number of hydrogen-bond donors (Lipinski definition) is 0. The molecule has 2 heteroatoms. The molecule has 0 spiro atoms. The van der Waals surface area contributed by atoms with Gasteiger partial charge in [-0.2, -0.15) is 0 Å². The number of carbonyl (C=O) groups excluding carboxylic acids is 1. The van der Waals surface area contributed by atoms with Crippen LogP contribution in [-0.4, -0.2) is 23.6 Å². The van der Waals surface area contributed by atoms with Gasteiger partial charge < -0.3 is 4.79 Å². The van der Waals surface area contributed by atoms with E-state index in [1.165, 1.54) is 12.8 Å². The van der Waals surface area contributed by atoms with Crippen molar-refractivity contribution >= 4 is 23.6 Å². The molecule has 0 atom stereocenters. The average molecular weight is 130 g/mol. The van der Waals surface area contributed by atoms with Gasteiger partial charge in [0.25, 0.3) is 0 Å². The Morgan fingerprint density at radius 1 is 1.38 bits per heavy atom. The average Bonchev–Trinajstić information content (AvgIpc) is 1.69. The summed E-state index contributed by atoms with van der Waals surface area (Å²) < 4.78 is 0. The first kappa shape index (κ1) is 11.1. The van der Waals surface area contributed by atoms with Crippen LogP contribution in [0.5, 0.6) is 0 Å². The Bertz CT molecular complexity index is 45.8. The van der Waals surface area contributed by atoms with Crippen molar-refractivity contribution in [2.45, 2.75) is 32.6 Å². The zero-order valence-electron chi connectivity index (χ0n) is 4.81. The monoisotopic (exact) mass is 130 g/mol. The van der Waals surface area contributed by atoms with Crippen LogP contribution in [0.2, 0.25) is 0 Å². The Labute approximate surface area is 61.6 Å². The van der Waals surface area contributed by atoms with Gasteiger partial charge in [-0.1, -0.05) is 19.8 Å². The summed E-state index contributed by atoms with van der Waals surface area (Å²) in [4.78, 5) is 9.68. The second-order valence-corrected chi connectivity index (χ2v) is 1.66. The van der Waals surface area contributed by atoms with E-state index in [1.807, 2.05) is 0 Å². The van der Waals surface area contributed by atoms with Crippen LogP contribution in [0.1, 0.15) is 32.6 Å². The zero-order chi connectivity index (χ0) is 5.54. The lowest BCUT2D eigenvalue weighted by Gasteiger charge is -1.85. The number of hydrogen-bond acceptors (Lipinski definition) is 1. The molecule has 0 aromatic heterocycles. The fourth-order valence-electron chi connectivity index (χ4n) is 0.478. The van der Waals surface area contributed by atoms with Crippen molar-refractivity contribution in [2.75, 3.05) is 0 Å². The maximum Gasteiger partial charge on any atom is 0.187 e. The van der Waals surface area contributed by atoms with Crippen molar-refractivity contribution in [2.24, 2.45) is 0 Å². The zero-order valence-corrected chi connectivity index (χ0v) is 4.81. The first-order valence-electron chi connectivity index (χ1n) is 2.85. The van der Waals surface area contributed by atoms with Crippen LogP contribution in [-0.2, 0) is 4.79 Å². The van der Waals surface area contributed by atoms with Gasteiger partial charge in [-0.25, -0.2) is 0 Å². The van der Waals surface area contributed by atoms with Crippen LogP contribution in [0.3, 0.4) is 0 Å². The van der Waals surface area contributed by atoms with E-state index in [-0.39, 0.29) is 17.4 Å². The molecule has 0 aliphatic carbocycles. The van der Waals surface area contributed by atoms with E-state index in [2.05, 4.69) is 6.92 Å². The third kappa shape index (κ3) is 9.51. The maximum absolute atomic E-state index is 9.68. The van der Waals surface area contributed by atoms with Crippen molar-refractivity contribution in [3.05, 3.63) is 0 Å². The predicted molar refractivity (Wildman–Crippen MR) is 40.1 cm³/mol. The third-order valence-corrected chi connectivity index (χ3v) is 0.926. The molecule has 1 nitrogen and oxygen atoms in total. The van der Waals surface area contributed by atoms with Gasteiger partial charge in [-0.3, -0.25) is 0 Å². The summed E-state index contributed by atoms with van der Waals surface area (Å²) in [6.45, 7) is 2.13. The molecule has 0 bridgehead atoms. The maximum atomic E-state index is 9.68. The van der Waals surface area contributed by atoms with Crippen LogP contribution >= 0.6 is 0 Å². The molecular formula is C6H15AlO. The standard InChI is InChI=1S/C6H12O.Al.3H/c1-2-3-4-5-6-7;;;;/h6H,2-5H2,1H3;;;;. The van der Waals surface area contributed by atoms with E-state index in [0.29, 0.717) is 0 Å². The van der Waals surface area contributed by atoms with Crippen molar-refractivity contribution in [1.82, 2.24) is 0 Å². The Morgan fingerprint density at radius 2 is 2.00 bits per heavy atom. The number of carbonyl (C=O) groups is 1. The van der Waals surface area contributed by atoms with Crippen molar-refractivity contribution in [3.63, 3.8) is 0 Å². The van der Waals surface area contributed by atoms with Gasteiger partial charge in [-0.15, -0.1) is 0 Å². The second-order valence-electron chi connectivity index (χ2n) is 1.66. The molecule has 0 aromatic carbocycles. The minimum Gasteiger partial charge on any atom is -0.303 e. The minimum absolute atomic E-state index is 0. The lowest BCUT2D eigenvalue weighted by atomic mass is 10.2. The van der Waals surface area contributed by atoms with Crippen LogP contribution in [0.4, 0.5) is 0 Å². The van der Waals surface area contributed by atoms with Gasteiger partial charge in [0.2, 0.25) is 0 Å². The quantitative estimate of drug-likeness (QED) is 0.309. The van der Waals surface area contributed by atoms with Gasteiger partial charge in [0.05, 0.1) is 0 Å². The Balaban J connectivity index is 0. The minimum atomic E-state index is 0. The summed E-state index contributed by atoms with van der Waals surface area (Å²) in [5.41, 5.74) is 0. The molecule has 0 saturated heterocycles. The first-order valence-corrected chi connectivity index (χ1v) is 2.85. The van der Waals surface area contributed by atoms with Crippen LogP contribution < -0.4 is 0 Å². The highest BCUT2D eigenvalue weighted by atomic mass is 27.0. The van der Waals surface area contributed by atoms with Crippen LogP contribution in [0.25, 0.3) is 0 Å². The summed E-state index contributed by atoms with van der Waals surface area (Å²) in [6, 6.07) is 0. The lowest BCUT2D eigenvalue weighted by Crippen LogP contribution is -1.73. The molecule has 0 aliphatic rings. The molecule has 8 heavy (non-hydrogen) atoms. The lowest BCUT2D eigenvalue weighted by molar-refractivity contribution is -0.107. The van der Waals surface area contributed by atoms with Gasteiger partial charge in [0.1, 0.15) is 6.29 Å². The highest BCUT2D eigenvalue weighted by molar-refractivity contribution is 5.75. The molecule has 0 N–H and O–H groups in total. The first-order chi connectivity index (χ1) is 3.41.